The molecule has 6 nitrogen and oxygen atoms in total. The van der Waals surface area contributed by atoms with Gasteiger partial charge in [-0.05, 0) is 43.9 Å². The van der Waals surface area contributed by atoms with E-state index in [0.717, 1.165) is 24.3 Å². The summed E-state index contributed by atoms with van der Waals surface area (Å²) in [4.78, 5) is 29.2. The highest BCUT2D eigenvalue weighted by molar-refractivity contribution is 5.93. The molecule has 1 fully saturated rings. The quantitative estimate of drug-likeness (QED) is 0.823. The van der Waals surface area contributed by atoms with Crippen LogP contribution in [-0.2, 0) is 4.74 Å². The van der Waals surface area contributed by atoms with Crippen molar-refractivity contribution in [1.82, 2.24) is 4.98 Å². The van der Waals surface area contributed by atoms with Crippen LogP contribution in [0.4, 0.5) is 5.69 Å². The maximum Gasteiger partial charge on any atom is 0.347 e. The molecule has 6 heteroatoms. The van der Waals surface area contributed by atoms with E-state index in [4.69, 9.17) is 4.74 Å². The van der Waals surface area contributed by atoms with Gasteiger partial charge in [-0.25, -0.2) is 4.79 Å². The van der Waals surface area contributed by atoms with Gasteiger partial charge in [0.05, 0.1) is 12.3 Å². The van der Waals surface area contributed by atoms with Crippen LogP contribution in [0.2, 0.25) is 0 Å². The normalized spacial score (nSPS) is 16.7. The van der Waals surface area contributed by atoms with Crippen LogP contribution in [0.1, 0.15) is 36.2 Å². The number of ether oxygens (including phenoxy) is 1. The lowest BCUT2D eigenvalue weighted by Crippen LogP contribution is -2.21. The van der Waals surface area contributed by atoms with Gasteiger partial charge in [-0.15, -0.1) is 0 Å². The van der Waals surface area contributed by atoms with E-state index in [1.54, 1.807) is 13.8 Å². The van der Waals surface area contributed by atoms with Gasteiger partial charge < -0.3 is 19.7 Å². The average Bonchev–Trinajstić information content (AvgIpc) is 3.05. The second-order valence-corrected chi connectivity index (χ2v) is 6.78. The summed E-state index contributed by atoms with van der Waals surface area (Å²) in [6.45, 7) is 7.79. The number of benzene rings is 1. The standard InChI is InChI=1S/C20H24N2O4/c1-4-26-20(25)16-18(23)13(3)17(21-19(16)24)14-5-7-15(8-6-14)22-10-9-12(2)11-22/h5-8,12H,4,9-11H2,1-3H3,(H2,21,23,24). The number of carbonyl (C=O) groups excluding carboxylic acids is 1. The summed E-state index contributed by atoms with van der Waals surface area (Å²) >= 11 is 0. The number of aromatic hydroxyl groups is 1. The molecule has 3 rings (SSSR count). The first-order valence-electron chi connectivity index (χ1n) is 8.90. The molecule has 1 aliphatic rings. The molecular formula is C20H24N2O4. The highest BCUT2D eigenvalue weighted by Gasteiger charge is 2.23. The average molecular weight is 356 g/mol. The Morgan fingerprint density at radius 1 is 1.35 bits per heavy atom. The van der Waals surface area contributed by atoms with Gasteiger partial charge in [0, 0.05) is 24.3 Å². The Balaban J connectivity index is 1.94. The van der Waals surface area contributed by atoms with Crippen molar-refractivity contribution in [1.29, 1.82) is 0 Å². The first kappa shape index (κ1) is 18.0. The topological polar surface area (TPSA) is 82.6 Å². The molecule has 0 radical (unpaired) electrons. The summed E-state index contributed by atoms with van der Waals surface area (Å²) in [6, 6.07) is 7.86. The van der Waals surface area contributed by atoms with Crippen molar-refractivity contribution in [2.24, 2.45) is 5.92 Å². The summed E-state index contributed by atoms with van der Waals surface area (Å²) in [5, 5.41) is 10.3. The Hall–Kier alpha value is -2.76. The Bertz CT molecular complexity index is 871. The van der Waals surface area contributed by atoms with E-state index in [-0.39, 0.29) is 17.9 Å². The van der Waals surface area contributed by atoms with Crippen molar-refractivity contribution >= 4 is 11.7 Å². The SMILES string of the molecule is CCOC(=O)c1c(O)c(C)c(-c2ccc(N3CCC(C)C3)cc2)[nH]c1=O. The van der Waals surface area contributed by atoms with Crippen LogP contribution >= 0.6 is 0 Å². The van der Waals surface area contributed by atoms with Crippen molar-refractivity contribution in [3.05, 3.63) is 45.7 Å². The van der Waals surface area contributed by atoms with Crippen molar-refractivity contribution in [3.8, 4) is 17.0 Å². The van der Waals surface area contributed by atoms with E-state index in [0.29, 0.717) is 17.2 Å². The fourth-order valence-corrected chi connectivity index (χ4v) is 3.37. The molecule has 0 aliphatic carbocycles. The maximum absolute atomic E-state index is 12.3. The van der Waals surface area contributed by atoms with Gasteiger partial charge in [0.25, 0.3) is 5.56 Å². The first-order chi connectivity index (χ1) is 12.4. The predicted molar refractivity (Wildman–Crippen MR) is 101 cm³/mol. The third-order valence-electron chi connectivity index (χ3n) is 4.86. The zero-order chi connectivity index (χ0) is 18.8. The Morgan fingerprint density at radius 2 is 2.04 bits per heavy atom. The first-order valence-corrected chi connectivity index (χ1v) is 8.90. The molecule has 26 heavy (non-hydrogen) atoms. The van der Waals surface area contributed by atoms with Gasteiger partial charge in [-0.1, -0.05) is 19.1 Å². The number of nitrogens with zero attached hydrogens (tertiary/aromatic N) is 1. The van der Waals surface area contributed by atoms with Crippen LogP contribution < -0.4 is 10.5 Å². The minimum Gasteiger partial charge on any atom is -0.506 e. The Kier molecular flexibility index (Phi) is 5.02. The predicted octanol–water partition coefficient (Wildman–Crippen LogP) is 3.08. The molecule has 0 saturated carbocycles. The third kappa shape index (κ3) is 3.31. The minimum absolute atomic E-state index is 0.134. The zero-order valence-corrected chi connectivity index (χ0v) is 15.3. The van der Waals surface area contributed by atoms with E-state index in [1.165, 1.54) is 6.42 Å². The molecule has 2 aromatic rings. The molecule has 1 aromatic heterocycles. The molecule has 0 spiro atoms. The molecule has 2 heterocycles. The fraction of sp³-hybridized carbons (Fsp3) is 0.400. The van der Waals surface area contributed by atoms with Gasteiger partial charge in [-0.3, -0.25) is 4.79 Å². The summed E-state index contributed by atoms with van der Waals surface area (Å²) in [5.41, 5.74) is 1.86. The molecule has 1 atom stereocenters. The monoisotopic (exact) mass is 356 g/mol. The number of pyridine rings is 1. The van der Waals surface area contributed by atoms with Crippen LogP contribution in [0.3, 0.4) is 0 Å². The van der Waals surface area contributed by atoms with Crippen molar-refractivity contribution in [2.75, 3.05) is 24.6 Å². The molecule has 1 saturated heterocycles. The van der Waals surface area contributed by atoms with Crippen molar-refractivity contribution in [3.63, 3.8) is 0 Å². The van der Waals surface area contributed by atoms with E-state index >= 15 is 0 Å². The number of hydrogen-bond acceptors (Lipinski definition) is 5. The summed E-state index contributed by atoms with van der Waals surface area (Å²) in [5.74, 6) is -0.459. The molecule has 1 aromatic carbocycles. The number of carbonyl (C=O) groups is 1. The maximum atomic E-state index is 12.3. The van der Waals surface area contributed by atoms with E-state index < -0.39 is 11.5 Å². The molecule has 138 valence electrons. The highest BCUT2D eigenvalue weighted by atomic mass is 16.5. The fourth-order valence-electron chi connectivity index (χ4n) is 3.37. The lowest BCUT2D eigenvalue weighted by atomic mass is 10.0. The van der Waals surface area contributed by atoms with Crippen LogP contribution in [0.5, 0.6) is 5.75 Å². The van der Waals surface area contributed by atoms with Crippen LogP contribution in [0, 0.1) is 12.8 Å². The molecule has 2 N–H and O–H groups in total. The second kappa shape index (κ2) is 7.23. The molecule has 1 unspecified atom stereocenters. The summed E-state index contributed by atoms with van der Waals surface area (Å²) in [6.07, 6.45) is 1.19. The van der Waals surface area contributed by atoms with Gasteiger partial charge in [-0.2, -0.15) is 0 Å². The lowest BCUT2D eigenvalue weighted by molar-refractivity contribution is 0.0520. The summed E-state index contributed by atoms with van der Waals surface area (Å²) < 4.78 is 4.85. The highest BCUT2D eigenvalue weighted by Crippen LogP contribution is 2.31. The number of esters is 1. The van der Waals surface area contributed by atoms with Crippen LogP contribution in [0.15, 0.2) is 29.1 Å². The Morgan fingerprint density at radius 3 is 2.62 bits per heavy atom. The second-order valence-electron chi connectivity index (χ2n) is 6.78. The molecule has 0 bridgehead atoms. The number of H-pyrrole nitrogens is 1. The number of anilines is 1. The van der Waals surface area contributed by atoms with Gasteiger partial charge in [0.1, 0.15) is 5.75 Å². The van der Waals surface area contributed by atoms with E-state index in [1.807, 2.05) is 24.3 Å². The van der Waals surface area contributed by atoms with Gasteiger partial charge in [0.2, 0.25) is 0 Å². The van der Waals surface area contributed by atoms with Gasteiger partial charge >= 0.3 is 5.97 Å². The number of aromatic nitrogens is 1. The van der Waals surface area contributed by atoms with Gasteiger partial charge in [0.15, 0.2) is 5.56 Å². The summed E-state index contributed by atoms with van der Waals surface area (Å²) in [7, 11) is 0. The van der Waals surface area contributed by atoms with Crippen molar-refractivity contribution in [2.45, 2.75) is 27.2 Å². The minimum atomic E-state index is -0.820. The molecule has 0 amide bonds. The van der Waals surface area contributed by atoms with E-state index in [2.05, 4.69) is 16.8 Å². The Labute approximate surface area is 152 Å². The smallest absolute Gasteiger partial charge is 0.347 e. The number of hydrogen-bond donors (Lipinski definition) is 2. The van der Waals surface area contributed by atoms with Crippen LogP contribution in [-0.4, -0.2) is 35.8 Å². The lowest BCUT2D eigenvalue weighted by Gasteiger charge is -2.19. The number of rotatable bonds is 4. The molecule has 1 aliphatic heterocycles. The van der Waals surface area contributed by atoms with E-state index in [9.17, 15) is 14.7 Å². The van der Waals surface area contributed by atoms with Crippen molar-refractivity contribution < 1.29 is 14.6 Å². The number of nitrogens with one attached hydrogen (secondary N) is 1. The largest absolute Gasteiger partial charge is 0.506 e. The van der Waals surface area contributed by atoms with Crippen LogP contribution in [0.25, 0.3) is 11.3 Å². The number of aromatic amines is 1. The molecular weight excluding hydrogens is 332 g/mol. The third-order valence-corrected chi connectivity index (χ3v) is 4.86. The zero-order valence-electron chi connectivity index (χ0n) is 15.3.